The van der Waals surface area contributed by atoms with Gasteiger partial charge >= 0.3 is 0 Å². The van der Waals surface area contributed by atoms with E-state index in [4.69, 9.17) is 5.73 Å². The summed E-state index contributed by atoms with van der Waals surface area (Å²) in [5.41, 5.74) is 7.48. The molecule has 60 valence electrons. The standard InChI is InChI=1S/C8H7N3O/c9-7-1-2-11-8(3-7)6(5-12)4-10-11/h1-5H,9H2. The van der Waals surface area contributed by atoms with Crippen LogP contribution < -0.4 is 5.73 Å². The van der Waals surface area contributed by atoms with E-state index in [1.165, 1.54) is 6.20 Å². The van der Waals surface area contributed by atoms with Gasteiger partial charge in [0.25, 0.3) is 0 Å². The third-order valence-electron chi connectivity index (χ3n) is 1.70. The zero-order valence-corrected chi connectivity index (χ0v) is 6.27. The van der Waals surface area contributed by atoms with Crippen LogP contribution in [-0.2, 0) is 0 Å². The van der Waals surface area contributed by atoms with E-state index in [0.717, 1.165) is 11.8 Å². The number of nitrogens with two attached hydrogens (primary N) is 1. The minimum atomic E-state index is 0.558. The van der Waals surface area contributed by atoms with Gasteiger partial charge in [0, 0.05) is 11.9 Å². The van der Waals surface area contributed by atoms with Crippen molar-refractivity contribution in [3.8, 4) is 0 Å². The Morgan fingerprint density at radius 3 is 3.17 bits per heavy atom. The number of fused-ring (bicyclic) bond motifs is 1. The molecule has 0 bridgehead atoms. The van der Waals surface area contributed by atoms with Crippen LogP contribution in [0.1, 0.15) is 10.4 Å². The van der Waals surface area contributed by atoms with Crippen molar-refractivity contribution in [2.24, 2.45) is 0 Å². The van der Waals surface area contributed by atoms with E-state index in [1.807, 2.05) is 0 Å². The Morgan fingerprint density at radius 2 is 2.42 bits per heavy atom. The number of nitrogen functional groups attached to an aromatic ring is 1. The van der Waals surface area contributed by atoms with E-state index < -0.39 is 0 Å². The Kier molecular flexibility index (Phi) is 1.33. The first-order valence-corrected chi connectivity index (χ1v) is 3.49. The van der Waals surface area contributed by atoms with Gasteiger partial charge in [-0.15, -0.1) is 0 Å². The fourth-order valence-electron chi connectivity index (χ4n) is 1.11. The highest BCUT2D eigenvalue weighted by Crippen LogP contribution is 2.11. The van der Waals surface area contributed by atoms with E-state index in [9.17, 15) is 4.79 Å². The minimum absolute atomic E-state index is 0.558. The Bertz CT molecular complexity index is 433. The summed E-state index contributed by atoms with van der Waals surface area (Å²) in [5.74, 6) is 0. The average molecular weight is 161 g/mol. The molecule has 0 unspecified atom stereocenters. The molecule has 0 saturated heterocycles. The second-order valence-corrected chi connectivity index (χ2v) is 2.51. The molecule has 2 heterocycles. The molecule has 0 saturated carbocycles. The Labute approximate surface area is 68.6 Å². The van der Waals surface area contributed by atoms with Crippen LogP contribution in [0.3, 0.4) is 0 Å². The van der Waals surface area contributed by atoms with Gasteiger partial charge < -0.3 is 5.73 Å². The van der Waals surface area contributed by atoms with Crippen molar-refractivity contribution in [1.82, 2.24) is 9.61 Å². The first-order chi connectivity index (χ1) is 5.81. The Hall–Kier alpha value is -1.84. The van der Waals surface area contributed by atoms with Crippen LogP contribution in [0.15, 0.2) is 24.5 Å². The zero-order chi connectivity index (χ0) is 8.55. The number of nitrogens with zero attached hydrogens (tertiary/aromatic N) is 2. The van der Waals surface area contributed by atoms with Gasteiger partial charge in [0.2, 0.25) is 0 Å². The molecule has 0 aliphatic carbocycles. The monoisotopic (exact) mass is 161 g/mol. The average Bonchev–Trinajstić information content (AvgIpc) is 2.46. The van der Waals surface area contributed by atoms with Gasteiger partial charge in [0.1, 0.15) is 0 Å². The van der Waals surface area contributed by atoms with Crippen LogP contribution in [0.4, 0.5) is 5.69 Å². The topological polar surface area (TPSA) is 60.4 Å². The maximum atomic E-state index is 10.5. The number of anilines is 1. The van der Waals surface area contributed by atoms with Gasteiger partial charge in [0.15, 0.2) is 6.29 Å². The van der Waals surface area contributed by atoms with Crippen molar-refractivity contribution < 1.29 is 4.79 Å². The number of carbonyl (C=O) groups excluding carboxylic acids is 1. The van der Waals surface area contributed by atoms with Crippen molar-refractivity contribution >= 4 is 17.5 Å². The van der Waals surface area contributed by atoms with E-state index in [-0.39, 0.29) is 0 Å². The van der Waals surface area contributed by atoms with E-state index in [2.05, 4.69) is 5.10 Å². The molecule has 2 rings (SSSR count). The number of hydrogen-bond donors (Lipinski definition) is 1. The van der Waals surface area contributed by atoms with Crippen LogP contribution in [0.25, 0.3) is 5.52 Å². The Balaban J connectivity index is 2.83. The normalized spacial score (nSPS) is 10.3. The lowest BCUT2D eigenvalue weighted by Gasteiger charge is -1.94. The van der Waals surface area contributed by atoms with Gasteiger partial charge in [0.05, 0.1) is 17.3 Å². The Morgan fingerprint density at radius 1 is 1.58 bits per heavy atom. The first-order valence-electron chi connectivity index (χ1n) is 3.49. The lowest BCUT2D eigenvalue weighted by atomic mass is 10.3. The molecule has 2 aromatic rings. The molecule has 2 aromatic heterocycles. The maximum absolute atomic E-state index is 10.5. The summed E-state index contributed by atoms with van der Waals surface area (Å²) in [7, 11) is 0. The molecule has 4 heteroatoms. The number of pyridine rings is 1. The highest BCUT2D eigenvalue weighted by Gasteiger charge is 2.01. The number of hydrogen-bond acceptors (Lipinski definition) is 3. The molecule has 0 spiro atoms. The van der Waals surface area contributed by atoms with Gasteiger partial charge in [-0.3, -0.25) is 4.79 Å². The highest BCUT2D eigenvalue weighted by atomic mass is 16.1. The summed E-state index contributed by atoms with van der Waals surface area (Å²) >= 11 is 0. The number of rotatable bonds is 1. The van der Waals surface area contributed by atoms with Gasteiger partial charge in [-0.25, -0.2) is 4.52 Å². The summed E-state index contributed by atoms with van der Waals surface area (Å²) in [4.78, 5) is 10.5. The first kappa shape index (κ1) is 6.84. The SMILES string of the molecule is Nc1ccn2ncc(C=O)c2c1. The van der Waals surface area contributed by atoms with Crippen LogP contribution in [0, 0.1) is 0 Å². The lowest BCUT2D eigenvalue weighted by molar-refractivity contribution is 0.112. The molecule has 2 N–H and O–H groups in total. The van der Waals surface area contributed by atoms with Crippen LogP contribution in [-0.4, -0.2) is 15.9 Å². The van der Waals surface area contributed by atoms with Crippen molar-refractivity contribution in [3.63, 3.8) is 0 Å². The fraction of sp³-hybridized carbons (Fsp3) is 0. The molecule has 0 radical (unpaired) electrons. The summed E-state index contributed by atoms with van der Waals surface area (Å²) in [6.07, 6.45) is 4.00. The smallest absolute Gasteiger partial charge is 0.153 e. The summed E-state index contributed by atoms with van der Waals surface area (Å²) in [6.45, 7) is 0. The fourth-order valence-corrected chi connectivity index (χ4v) is 1.11. The van der Waals surface area contributed by atoms with Crippen molar-refractivity contribution in [1.29, 1.82) is 0 Å². The van der Waals surface area contributed by atoms with Gasteiger partial charge in [-0.05, 0) is 12.1 Å². The van der Waals surface area contributed by atoms with E-state index in [0.29, 0.717) is 11.3 Å². The number of aldehydes is 1. The molecular formula is C8H7N3O. The molecule has 12 heavy (non-hydrogen) atoms. The van der Waals surface area contributed by atoms with E-state index >= 15 is 0 Å². The van der Waals surface area contributed by atoms with E-state index in [1.54, 1.807) is 22.8 Å². The maximum Gasteiger partial charge on any atom is 0.153 e. The van der Waals surface area contributed by atoms with Gasteiger partial charge in [-0.2, -0.15) is 5.10 Å². The number of aromatic nitrogens is 2. The quantitative estimate of drug-likeness (QED) is 0.627. The van der Waals surface area contributed by atoms with Crippen LogP contribution >= 0.6 is 0 Å². The lowest BCUT2D eigenvalue weighted by Crippen LogP contribution is -1.90. The third kappa shape index (κ3) is 0.852. The van der Waals surface area contributed by atoms with Crippen molar-refractivity contribution in [3.05, 3.63) is 30.1 Å². The summed E-state index contributed by atoms with van der Waals surface area (Å²) in [6, 6.07) is 3.45. The largest absolute Gasteiger partial charge is 0.399 e. The minimum Gasteiger partial charge on any atom is -0.399 e. The van der Waals surface area contributed by atoms with Crippen LogP contribution in [0.2, 0.25) is 0 Å². The molecule has 0 fully saturated rings. The molecular weight excluding hydrogens is 154 g/mol. The third-order valence-corrected chi connectivity index (χ3v) is 1.70. The highest BCUT2D eigenvalue weighted by molar-refractivity contribution is 5.86. The second kappa shape index (κ2) is 2.34. The molecule has 0 aliphatic rings. The predicted molar refractivity (Wildman–Crippen MR) is 45.0 cm³/mol. The summed E-state index contributed by atoms with van der Waals surface area (Å²) < 4.78 is 1.61. The molecule has 0 aliphatic heterocycles. The zero-order valence-electron chi connectivity index (χ0n) is 6.27. The van der Waals surface area contributed by atoms with Crippen molar-refractivity contribution in [2.45, 2.75) is 0 Å². The molecule has 0 atom stereocenters. The van der Waals surface area contributed by atoms with Crippen LogP contribution in [0.5, 0.6) is 0 Å². The van der Waals surface area contributed by atoms with Gasteiger partial charge in [-0.1, -0.05) is 0 Å². The number of carbonyl (C=O) groups is 1. The predicted octanol–water partition coefficient (Wildman–Crippen LogP) is 0.729. The second-order valence-electron chi connectivity index (χ2n) is 2.51. The van der Waals surface area contributed by atoms with Crippen molar-refractivity contribution in [2.75, 3.05) is 5.73 Å². The molecule has 0 aromatic carbocycles. The molecule has 4 nitrogen and oxygen atoms in total. The molecule has 0 amide bonds. The summed E-state index contributed by atoms with van der Waals surface area (Å²) in [5, 5.41) is 3.96.